The second-order valence-corrected chi connectivity index (χ2v) is 12.0. The zero-order valence-electron chi connectivity index (χ0n) is 23.3. The Bertz CT molecular complexity index is 1190. The Kier molecular flexibility index (Phi) is 10.7. The molecule has 5 heteroatoms. The van der Waals surface area contributed by atoms with Gasteiger partial charge in [0.2, 0.25) is 11.8 Å². The summed E-state index contributed by atoms with van der Waals surface area (Å²) in [6, 6.07) is 25.8. The molecule has 0 aliphatic heterocycles. The molecule has 38 heavy (non-hydrogen) atoms. The van der Waals surface area contributed by atoms with Crippen LogP contribution in [0.2, 0.25) is 0 Å². The van der Waals surface area contributed by atoms with Crippen molar-refractivity contribution in [1.82, 2.24) is 10.2 Å². The minimum atomic E-state index is -0.610. The lowest BCUT2D eigenvalue weighted by Crippen LogP contribution is -2.52. The molecule has 0 aliphatic carbocycles. The monoisotopic (exact) mass is 576 g/mol. The molecule has 3 aromatic carbocycles. The third-order valence-corrected chi connectivity index (χ3v) is 7.45. The standard InChI is InChI=1S/C33H41BrN2O2/c1-6-24(2)35-32(38)30(22-26-11-8-7-9-12-26)36(23-27-13-10-14-29(34)21-27)31(37)20-17-25-15-18-28(19-16-25)33(3,4)5/h7-16,18-19,21,24,30H,6,17,20,22-23H2,1-5H3,(H,35,38)/t24-,30-/m0/s1. The van der Waals surface area contributed by atoms with Gasteiger partial charge in [-0.15, -0.1) is 0 Å². The minimum Gasteiger partial charge on any atom is -0.352 e. The molecule has 3 rings (SSSR count). The van der Waals surface area contributed by atoms with Crippen molar-refractivity contribution in [2.24, 2.45) is 0 Å². The third-order valence-electron chi connectivity index (χ3n) is 6.96. The Balaban J connectivity index is 1.89. The summed E-state index contributed by atoms with van der Waals surface area (Å²) in [4.78, 5) is 29.2. The fraction of sp³-hybridized carbons (Fsp3) is 0.394. The summed E-state index contributed by atoms with van der Waals surface area (Å²) in [7, 11) is 0. The van der Waals surface area contributed by atoms with Crippen LogP contribution < -0.4 is 5.32 Å². The molecule has 0 unspecified atom stereocenters. The summed E-state index contributed by atoms with van der Waals surface area (Å²) in [5, 5.41) is 3.13. The molecule has 0 saturated carbocycles. The highest BCUT2D eigenvalue weighted by molar-refractivity contribution is 9.10. The lowest BCUT2D eigenvalue weighted by atomic mass is 9.86. The summed E-state index contributed by atoms with van der Waals surface area (Å²) in [6.07, 6.45) is 2.26. The molecular formula is C33H41BrN2O2. The SMILES string of the molecule is CC[C@H](C)NC(=O)[C@H](Cc1ccccc1)N(Cc1cccc(Br)c1)C(=O)CCc1ccc(C(C)(C)C)cc1. The smallest absolute Gasteiger partial charge is 0.243 e. The zero-order chi connectivity index (χ0) is 27.7. The molecule has 3 aromatic rings. The van der Waals surface area contributed by atoms with Crippen molar-refractivity contribution in [3.8, 4) is 0 Å². The van der Waals surface area contributed by atoms with Crippen molar-refractivity contribution in [3.05, 3.63) is 106 Å². The fourth-order valence-corrected chi connectivity index (χ4v) is 4.84. The molecule has 202 valence electrons. The first-order chi connectivity index (χ1) is 18.1. The summed E-state index contributed by atoms with van der Waals surface area (Å²) < 4.78 is 0.949. The van der Waals surface area contributed by atoms with Gasteiger partial charge < -0.3 is 10.2 Å². The van der Waals surface area contributed by atoms with Crippen LogP contribution in [0.1, 0.15) is 69.7 Å². The summed E-state index contributed by atoms with van der Waals surface area (Å²) in [5.74, 6) is -0.133. The molecule has 0 aliphatic rings. The number of benzene rings is 3. The highest BCUT2D eigenvalue weighted by atomic mass is 79.9. The average molecular weight is 578 g/mol. The number of rotatable bonds is 11. The number of aryl methyl sites for hydroxylation is 1. The first-order valence-corrected chi connectivity index (χ1v) is 14.3. The van der Waals surface area contributed by atoms with Crippen molar-refractivity contribution in [1.29, 1.82) is 0 Å². The van der Waals surface area contributed by atoms with Gasteiger partial charge >= 0.3 is 0 Å². The molecule has 0 saturated heterocycles. The van der Waals surface area contributed by atoms with Gasteiger partial charge in [0.1, 0.15) is 6.04 Å². The lowest BCUT2D eigenvalue weighted by Gasteiger charge is -2.32. The maximum atomic E-state index is 13.9. The molecule has 0 spiro atoms. The normalized spacial score (nSPS) is 13.0. The van der Waals surface area contributed by atoms with Crippen molar-refractivity contribution in [3.63, 3.8) is 0 Å². The second-order valence-electron chi connectivity index (χ2n) is 11.1. The summed E-state index contributed by atoms with van der Waals surface area (Å²) >= 11 is 3.55. The lowest BCUT2D eigenvalue weighted by molar-refractivity contribution is -0.141. The molecule has 2 atom stereocenters. The predicted octanol–water partition coefficient (Wildman–Crippen LogP) is 7.23. The van der Waals surface area contributed by atoms with Gasteiger partial charge in [-0.2, -0.15) is 0 Å². The number of nitrogens with zero attached hydrogens (tertiary/aromatic N) is 1. The highest BCUT2D eigenvalue weighted by Gasteiger charge is 2.30. The predicted molar refractivity (Wildman–Crippen MR) is 160 cm³/mol. The zero-order valence-corrected chi connectivity index (χ0v) is 24.9. The van der Waals surface area contributed by atoms with Crippen LogP contribution in [0, 0.1) is 0 Å². The first-order valence-electron chi connectivity index (χ1n) is 13.5. The number of carbonyl (C=O) groups is 2. The molecule has 0 aromatic heterocycles. The number of carbonyl (C=O) groups excluding carboxylic acids is 2. The van der Waals surface area contributed by atoms with Crippen molar-refractivity contribution in [2.45, 2.75) is 84.3 Å². The van der Waals surface area contributed by atoms with E-state index in [1.165, 1.54) is 5.56 Å². The Morgan fingerprint density at radius 2 is 1.55 bits per heavy atom. The molecule has 2 amide bonds. The highest BCUT2D eigenvalue weighted by Crippen LogP contribution is 2.23. The van der Waals surface area contributed by atoms with E-state index < -0.39 is 6.04 Å². The van der Waals surface area contributed by atoms with E-state index in [1.54, 1.807) is 4.90 Å². The van der Waals surface area contributed by atoms with E-state index >= 15 is 0 Å². The molecule has 0 heterocycles. The van der Waals surface area contributed by atoms with Crippen LogP contribution in [0.4, 0.5) is 0 Å². The van der Waals surface area contributed by atoms with Gasteiger partial charge in [0.05, 0.1) is 0 Å². The maximum Gasteiger partial charge on any atom is 0.243 e. The molecule has 1 N–H and O–H groups in total. The van der Waals surface area contributed by atoms with Crippen LogP contribution in [0.5, 0.6) is 0 Å². The van der Waals surface area contributed by atoms with E-state index in [-0.39, 0.29) is 23.3 Å². The largest absolute Gasteiger partial charge is 0.352 e. The molecule has 0 fully saturated rings. The third kappa shape index (κ3) is 8.83. The molecular weight excluding hydrogens is 536 g/mol. The van der Waals surface area contributed by atoms with Crippen molar-refractivity contribution in [2.75, 3.05) is 0 Å². The van der Waals surface area contributed by atoms with Gasteiger partial charge in [-0.25, -0.2) is 0 Å². The fourth-order valence-electron chi connectivity index (χ4n) is 4.39. The van der Waals surface area contributed by atoms with Crippen LogP contribution in [-0.4, -0.2) is 28.8 Å². The Hall–Kier alpha value is -2.92. The van der Waals surface area contributed by atoms with Gasteiger partial charge in [-0.05, 0) is 59.6 Å². The summed E-state index contributed by atoms with van der Waals surface area (Å²) in [6.45, 7) is 11.0. The van der Waals surface area contributed by atoms with E-state index in [0.717, 1.165) is 27.6 Å². The van der Waals surface area contributed by atoms with Crippen molar-refractivity contribution >= 4 is 27.7 Å². The van der Waals surface area contributed by atoms with Gasteiger partial charge in [0.15, 0.2) is 0 Å². The average Bonchev–Trinajstić information content (AvgIpc) is 2.89. The van der Waals surface area contributed by atoms with Gasteiger partial charge in [-0.3, -0.25) is 9.59 Å². The van der Waals surface area contributed by atoms with E-state index in [2.05, 4.69) is 66.3 Å². The molecule has 0 bridgehead atoms. The maximum absolute atomic E-state index is 13.9. The van der Waals surface area contributed by atoms with Crippen LogP contribution >= 0.6 is 15.9 Å². The quantitative estimate of drug-likeness (QED) is 0.261. The van der Waals surface area contributed by atoms with Crippen molar-refractivity contribution < 1.29 is 9.59 Å². The van der Waals surface area contributed by atoms with Crippen LogP contribution in [0.15, 0.2) is 83.3 Å². The second kappa shape index (κ2) is 13.7. The Labute approximate surface area is 237 Å². The van der Waals surface area contributed by atoms with Gasteiger partial charge in [-0.1, -0.05) is 110 Å². The van der Waals surface area contributed by atoms with Crippen LogP contribution in [0.25, 0.3) is 0 Å². The number of nitrogens with one attached hydrogen (secondary N) is 1. The van der Waals surface area contributed by atoms with E-state index in [9.17, 15) is 9.59 Å². The molecule has 0 radical (unpaired) electrons. The van der Waals surface area contributed by atoms with Gasteiger partial charge in [0, 0.05) is 29.9 Å². The topological polar surface area (TPSA) is 49.4 Å². The van der Waals surface area contributed by atoms with E-state index in [4.69, 9.17) is 0 Å². The summed E-state index contributed by atoms with van der Waals surface area (Å²) in [5.41, 5.74) is 4.49. The Morgan fingerprint density at radius 1 is 0.895 bits per heavy atom. The number of halogens is 1. The number of hydrogen-bond acceptors (Lipinski definition) is 2. The van der Waals surface area contributed by atoms with Gasteiger partial charge in [0.25, 0.3) is 0 Å². The first kappa shape index (κ1) is 29.6. The molecule has 4 nitrogen and oxygen atoms in total. The van der Waals surface area contributed by atoms with Crippen LogP contribution in [0.3, 0.4) is 0 Å². The number of amides is 2. The minimum absolute atomic E-state index is 0.0230. The number of hydrogen-bond donors (Lipinski definition) is 1. The van der Waals surface area contributed by atoms with E-state index in [1.807, 2.05) is 68.4 Å². The Morgan fingerprint density at radius 3 is 2.16 bits per heavy atom. The van der Waals surface area contributed by atoms with Crippen LogP contribution in [-0.2, 0) is 34.4 Å². The van der Waals surface area contributed by atoms with E-state index in [0.29, 0.717) is 25.8 Å².